The maximum absolute atomic E-state index is 16.2. The molecule has 2 fully saturated rings. The molecule has 1 spiro atoms. The number of nitrogens with one attached hydrogen (secondary N) is 1. The van der Waals surface area contributed by atoms with Crippen LogP contribution in [-0.4, -0.2) is 58.0 Å². The summed E-state index contributed by atoms with van der Waals surface area (Å²) in [5.41, 5.74) is 0.586. The number of carbonyl (C=O) groups is 2. The minimum atomic E-state index is -1.32. The normalized spacial score (nSPS) is 25.8. The molecule has 0 radical (unpaired) electrons. The van der Waals surface area contributed by atoms with Crippen LogP contribution in [0.15, 0.2) is 48.5 Å². The number of amides is 1. The quantitative estimate of drug-likeness (QED) is 0.288. The highest BCUT2D eigenvalue weighted by atomic mass is 35.5. The Balaban J connectivity index is 1.43. The number of carboxylic acid groups (broad SMARTS) is 1. The molecule has 8 rings (SSSR count). The Hall–Kier alpha value is -3.86. The average molecular weight is 623 g/mol. The molecule has 3 aliphatic heterocycles. The zero-order chi connectivity index (χ0) is 29.8. The van der Waals surface area contributed by atoms with Gasteiger partial charge in [0.2, 0.25) is 11.8 Å². The van der Waals surface area contributed by atoms with Crippen molar-refractivity contribution < 1.29 is 28.6 Å². The van der Waals surface area contributed by atoms with Crippen LogP contribution in [0, 0.1) is 11.7 Å². The Labute approximate surface area is 255 Å². The number of hydrogen-bond acceptors (Lipinski definition) is 6. The standard InChI is InChI=1S/C31H25Cl2FN4O5/c1-42-24-11-17-21(10-18(24)29(39)40)36-38-27-23(13-43-28(17)38)37(12-14-5-6-14)31(25(27)16-3-2-4-20(33)26(16)34)19-8-7-15(32)9-22(19)35-30(31)41/h2-4,7-11,14,23,25,27H,5-6,12-13H2,1H3,(H,35,41)(H,39,40)/t23-,25?,27+,31+/m1/s1. The zero-order valence-electron chi connectivity index (χ0n) is 22.8. The van der Waals surface area contributed by atoms with Crippen LogP contribution >= 0.6 is 23.2 Å². The SMILES string of the molecule is COc1cc2c3n(nc2cc1C(=O)O)[C@@H]1C(c2cccc(Cl)c2F)[C@@]2(C(=O)Nc4cc(Cl)ccc42)N(CC2CC2)[C@@H]1CO3. The van der Waals surface area contributed by atoms with Gasteiger partial charge in [-0.1, -0.05) is 41.4 Å². The highest BCUT2D eigenvalue weighted by Gasteiger charge is 2.69. The number of nitrogens with zero attached hydrogens (tertiary/aromatic N) is 3. The van der Waals surface area contributed by atoms with Crippen molar-refractivity contribution in [3.63, 3.8) is 0 Å². The minimum Gasteiger partial charge on any atom is -0.496 e. The van der Waals surface area contributed by atoms with Gasteiger partial charge in [-0.15, -0.1) is 0 Å². The Morgan fingerprint density at radius 2 is 2.05 bits per heavy atom. The van der Waals surface area contributed by atoms with Crippen LogP contribution in [0.3, 0.4) is 0 Å². The first-order valence-corrected chi connectivity index (χ1v) is 14.8. The van der Waals surface area contributed by atoms with Crippen molar-refractivity contribution >= 4 is 51.7 Å². The zero-order valence-corrected chi connectivity index (χ0v) is 24.3. The molecule has 1 amide bonds. The van der Waals surface area contributed by atoms with Crippen LogP contribution in [0.1, 0.15) is 46.3 Å². The average Bonchev–Trinajstić information content (AvgIpc) is 3.58. The van der Waals surface area contributed by atoms with Crippen LogP contribution in [0.4, 0.5) is 10.1 Å². The third kappa shape index (κ3) is 3.63. The maximum atomic E-state index is 16.2. The maximum Gasteiger partial charge on any atom is 0.339 e. The van der Waals surface area contributed by atoms with Gasteiger partial charge < -0.3 is 19.9 Å². The number of aromatic carboxylic acids is 1. The summed E-state index contributed by atoms with van der Waals surface area (Å²) in [5, 5.41) is 18.7. The van der Waals surface area contributed by atoms with Crippen LogP contribution in [0.25, 0.3) is 10.9 Å². The molecule has 220 valence electrons. The lowest BCUT2D eigenvalue weighted by Gasteiger charge is -2.39. The Bertz CT molecular complexity index is 1880. The van der Waals surface area contributed by atoms with Crippen molar-refractivity contribution in [2.24, 2.45) is 5.92 Å². The van der Waals surface area contributed by atoms with Crippen LogP contribution < -0.4 is 14.8 Å². The first-order valence-electron chi connectivity index (χ1n) is 14.0. The van der Waals surface area contributed by atoms with Crippen LogP contribution in [0.5, 0.6) is 11.6 Å². The highest BCUT2D eigenvalue weighted by Crippen LogP contribution is 2.63. The lowest BCUT2D eigenvalue weighted by Crippen LogP contribution is -2.54. The summed E-state index contributed by atoms with van der Waals surface area (Å²) in [7, 11) is 1.40. The smallest absolute Gasteiger partial charge is 0.339 e. The van der Waals surface area contributed by atoms with Gasteiger partial charge in [-0.25, -0.2) is 13.9 Å². The van der Waals surface area contributed by atoms with E-state index in [-0.39, 0.29) is 40.5 Å². The van der Waals surface area contributed by atoms with E-state index in [1.54, 1.807) is 35.0 Å². The largest absolute Gasteiger partial charge is 0.496 e. The van der Waals surface area contributed by atoms with Gasteiger partial charge in [0, 0.05) is 28.7 Å². The molecule has 2 N–H and O–H groups in total. The van der Waals surface area contributed by atoms with Crippen molar-refractivity contribution in [2.75, 3.05) is 25.6 Å². The van der Waals surface area contributed by atoms with Crippen molar-refractivity contribution in [1.29, 1.82) is 0 Å². The molecule has 4 aliphatic rings. The predicted molar refractivity (Wildman–Crippen MR) is 157 cm³/mol. The first kappa shape index (κ1) is 26.7. The third-order valence-corrected chi connectivity index (χ3v) is 9.90. The number of methoxy groups -OCH3 is 1. The third-order valence-electron chi connectivity index (χ3n) is 9.37. The number of hydrogen-bond donors (Lipinski definition) is 2. The van der Waals surface area contributed by atoms with E-state index in [0.717, 1.165) is 12.8 Å². The molecule has 9 nitrogen and oxygen atoms in total. The number of aromatic nitrogens is 2. The second-order valence-electron chi connectivity index (χ2n) is 11.6. The molecule has 0 bridgehead atoms. The summed E-state index contributed by atoms with van der Waals surface area (Å²) in [4.78, 5) is 28.7. The fraction of sp³-hybridized carbons (Fsp3) is 0.323. The number of ether oxygens (including phenoxy) is 2. The molecular weight excluding hydrogens is 598 g/mol. The molecule has 43 heavy (non-hydrogen) atoms. The number of carboxylic acids is 1. The van der Waals surface area contributed by atoms with Gasteiger partial charge in [0.1, 0.15) is 29.3 Å². The summed E-state index contributed by atoms with van der Waals surface area (Å²) in [6, 6.07) is 12.2. The molecule has 3 aromatic carbocycles. The minimum absolute atomic E-state index is 0.0429. The molecule has 1 saturated carbocycles. The van der Waals surface area contributed by atoms with Gasteiger partial charge in [-0.2, -0.15) is 5.10 Å². The van der Waals surface area contributed by atoms with E-state index >= 15 is 4.39 Å². The highest BCUT2D eigenvalue weighted by molar-refractivity contribution is 6.31. The van der Waals surface area contributed by atoms with E-state index in [4.69, 9.17) is 37.8 Å². The summed E-state index contributed by atoms with van der Waals surface area (Å²) < 4.78 is 29.7. The van der Waals surface area contributed by atoms with Gasteiger partial charge in [0.05, 0.1) is 35.1 Å². The fourth-order valence-corrected chi connectivity index (χ4v) is 7.81. The van der Waals surface area contributed by atoms with Gasteiger partial charge in [-0.05, 0) is 54.7 Å². The van der Waals surface area contributed by atoms with E-state index in [9.17, 15) is 14.7 Å². The number of benzene rings is 3. The van der Waals surface area contributed by atoms with E-state index < -0.39 is 29.3 Å². The van der Waals surface area contributed by atoms with Gasteiger partial charge >= 0.3 is 5.97 Å². The molecule has 4 atom stereocenters. The summed E-state index contributed by atoms with van der Waals surface area (Å²) >= 11 is 12.7. The van der Waals surface area contributed by atoms with E-state index in [2.05, 4.69) is 10.2 Å². The molecule has 4 heterocycles. The van der Waals surface area contributed by atoms with Crippen molar-refractivity contribution in [3.8, 4) is 11.6 Å². The second kappa shape index (κ2) is 9.32. The van der Waals surface area contributed by atoms with E-state index in [1.807, 2.05) is 6.07 Å². The monoisotopic (exact) mass is 622 g/mol. The van der Waals surface area contributed by atoms with Gasteiger partial charge in [0.25, 0.3) is 0 Å². The lowest BCUT2D eigenvalue weighted by atomic mass is 9.73. The number of anilines is 1. The van der Waals surface area contributed by atoms with Crippen LogP contribution in [0.2, 0.25) is 10.0 Å². The topological polar surface area (TPSA) is 106 Å². The Morgan fingerprint density at radius 3 is 2.79 bits per heavy atom. The number of fused-ring (bicyclic) bond motifs is 7. The number of halogens is 3. The van der Waals surface area contributed by atoms with E-state index in [0.29, 0.717) is 45.5 Å². The fourth-order valence-electron chi connectivity index (χ4n) is 7.45. The molecule has 1 aromatic heterocycles. The van der Waals surface area contributed by atoms with Crippen molar-refractivity contribution in [1.82, 2.24) is 14.7 Å². The van der Waals surface area contributed by atoms with Crippen LogP contribution in [-0.2, 0) is 10.3 Å². The summed E-state index contributed by atoms with van der Waals surface area (Å²) in [6.45, 7) is 0.809. The molecule has 4 aromatic rings. The predicted octanol–water partition coefficient (Wildman–Crippen LogP) is 5.85. The second-order valence-corrected chi connectivity index (χ2v) is 12.5. The van der Waals surface area contributed by atoms with Gasteiger partial charge in [0.15, 0.2) is 0 Å². The number of rotatable bonds is 5. The molecule has 1 unspecified atom stereocenters. The molecule has 1 saturated heterocycles. The number of likely N-dealkylation sites (tertiary alicyclic amines) is 1. The lowest BCUT2D eigenvalue weighted by molar-refractivity contribution is -0.128. The number of carbonyl (C=O) groups excluding carboxylic acids is 1. The Kier molecular flexibility index (Phi) is 5.80. The molecular formula is C31H25Cl2FN4O5. The van der Waals surface area contributed by atoms with Gasteiger partial charge in [-0.3, -0.25) is 9.69 Å². The Morgan fingerprint density at radius 1 is 1.23 bits per heavy atom. The van der Waals surface area contributed by atoms with Crippen molar-refractivity contribution in [3.05, 3.63) is 81.1 Å². The summed E-state index contributed by atoms with van der Waals surface area (Å²) in [5.74, 6) is -1.88. The summed E-state index contributed by atoms with van der Waals surface area (Å²) in [6.07, 6.45) is 2.07. The van der Waals surface area contributed by atoms with E-state index in [1.165, 1.54) is 19.2 Å². The molecule has 12 heteroatoms. The first-order chi connectivity index (χ1) is 20.7. The molecule has 1 aliphatic carbocycles. The van der Waals surface area contributed by atoms with Crippen molar-refractivity contribution in [2.45, 2.75) is 36.4 Å².